The molecule has 0 aliphatic carbocycles. The smallest absolute Gasteiger partial charge is 0.262 e. The Morgan fingerprint density at radius 2 is 1.67 bits per heavy atom. The first kappa shape index (κ1) is 18.5. The molecule has 27 heavy (non-hydrogen) atoms. The van der Waals surface area contributed by atoms with Gasteiger partial charge in [0.1, 0.15) is 11.6 Å². The summed E-state index contributed by atoms with van der Waals surface area (Å²) >= 11 is 0. The lowest BCUT2D eigenvalue weighted by Crippen LogP contribution is -2.20. The predicted molar refractivity (Wildman–Crippen MR) is 105 cm³/mol. The van der Waals surface area contributed by atoms with Crippen LogP contribution in [0.15, 0.2) is 72.8 Å². The van der Waals surface area contributed by atoms with E-state index in [1.807, 2.05) is 49.4 Å². The van der Waals surface area contributed by atoms with Crippen LogP contribution in [-0.4, -0.2) is 12.5 Å². The molecule has 0 heterocycles. The fourth-order valence-electron chi connectivity index (χ4n) is 2.50. The molecule has 0 saturated heterocycles. The van der Waals surface area contributed by atoms with Crippen molar-refractivity contribution >= 4 is 17.3 Å². The summed E-state index contributed by atoms with van der Waals surface area (Å²) in [6, 6.07) is 21.3. The first-order chi connectivity index (χ1) is 13.1. The molecule has 0 saturated carbocycles. The molecule has 0 spiro atoms. The molecule has 2 N–H and O–H groups in total. The van der Waals surface area contributed by atoms with E-state index in [9.17, 15) is 9.18 Å². The number of aryl methyl sites for hydroxylation is 1. The molecule has 3 rings (SSSR count). The van der Waals surface area contributed by atoms with Gasteiger partial charge in [0.05, 0.1) is 0 Å². The molecule has 0 atom stereocenters. The number of anilines is 2. The molecule has 0 bridgehead atoms. The first-order valence-corrected chi connectivity index (χ1v) is 8.66. The zero-order chi connectivity index (χ0) is 19.1. The largest absolute Gasteiger partial charge is 0.484 e. The van der Waals surface area contributed by atoms with Crippen molar-refractivity contribution < 1.29 is 13.9 Å². The van der Waals surface area contributed by atoms with Crippen molar-refractivity contribution in [3.8, 4) is 5.75 Å². The molecule has 0 aromatic heterocycles. The molecule has 0 unspecified atom stereocenters. The fraction of sp³-hybridized carbons (Fsp3) is 0.136. The zero-order valence-corrected chi connectivity index (χ0v) is 15.0. The summed E-state index contributed by atoms with van der Waals surface area (Å²) in [4.78, 5) is 12.0. The highest BCUT2D eigenvalue weighted by Gasteiger charge is 2.04. The highest BCUT2D eigenvalue weighted by Crippen LogP contribution is 2.16. The maximum Gasteiger partial charge on any atom is 0.262 e. The minimum atomic E-state index is -0.264. The number of ether oxygens (including phenoxy) is 1. The number of amides is 1. The van der Waals surface area contributed by atoms with Gasteiger partial charge in [-0.2, -0.15) is 0 Å². The van der Waals surface area contributed by atoms with E-state index in [0.29, 0.717) is 12.3 Å². The summed E-state index contributed by atoms with van der Waals surface area (Å²) in [5.74, 6) is 0.140. The molecule has 3 aromatic rings. The topological polar surface area (TPSA) is 50.4 Å². The lowest BCUT2D eigenvalue weighted by molar-refractivity contribution is -0.118. The van der Waals surface area contributed by atoms with Gasteiger partial charge < -0.3 is 15.4 Å². The third-order valence-corrected chi connectivity index (χ3v) is 3.94. The third kappa shape index (κ3) is 5.85. The number of carbonyl (C=O) groups excluding carboxylic acids is 1. The summed E-state index contributed by atoms with van der Waals surface area (Å²) in [5, 5.41) is 6.01. The van der Waals surface area contributed by atoms with E-state index in [0.717, 1.165) is 22.5 Å². The molecule has 5 heteroatoms. The molecular formula is C22H21FN2O2. The van der Waals surface area contributed by atoms with Gasteiger partial charge in [0, 0.05) is 17.9 Å². The molecule has 0 fully saturated rings. The van der Waals surface area contributed by atoms with Crippen LogP contribution in [0.1, 0.15) is 11.1 Å². The van der Waals surface area contributed by atoms with E-state index >= 15 is 0 Å². The Balaban J connectivity index is 1.50. The summed E-state index contributed by atoms with van der Waals surface area (Å²) in [5.41, 5.74) is 3.71. The SMILES string of the molecule is Cc1ccc(NC(=O)COc2cccc(CNc3ccc(F)cc3)c2)cc1. The van der Waals surface area contributed by atoms with E-state index in [2.05, 4.69) is 10.6 Å². The van der Waals surface area contributed by atoms with Crippen molar-refractivity contribution in [1.29, 1.82) is 0 Å². The second-order valence-electron chi connectivity index (χ2n) is 6.21. The maximum absolute atomic E-state index is 12.9. The van der Waals surface area contributed by atoms with Crippen LogP contribution >= 0.6 is 0 Å². The molecular weight excluding hydrogens is 343 g/mol. The van der Waals surface area contributed by atoms with Crippen molar-refractivity contribution in [2.75, 3.05) is 17.2 Å². The summed E-state index contributed by atoms with van der Waals surface area (Å²) < 4.78 is 18.5. The van der Waals surface area contributed by atoms with Crippen molar-refractivity contribution in [2.45, 2.75) is 13.5 Å². The maximum atomic E-state index is 12.9. The Labute approximate surface area is 158 Å². The summed E-state index contributed by atoms with van der Waals surface area (Å²) in [7, 11) is 0. The monoisotopic (exact) mass is 364 g/mol. The second kappa shape index (κ2) is 8.85. The van der Waals surface area contributed by atoms with Crippen LogP contribution in [0.25, 0.3) is 0 Å². The summed E-state index contributed by atoms with van der Waals surface area (Å²) in [6.45, 7) is 2.49. The van der Waals surface area contributed by atoms with Crippen molar-refractivity contribution in [2.24, 2.45) is 0 Å². The third-order valence-electron chi connectivity index (χ3n) is 3.94. The number of benzene rings is 3. The molecule has 4 nitrogen and oxygen atoms in total. The Hall–Kier alpha value is -3.34. The Bertz CT molecular complexity index is 893. The highest BCUT2D eigenvalue weighted by atomic mass is 19.1. The quantitative estimate of drug-likeness (QED) is 0.635. The highest BCUT2D eigenvalue weighted by molar-refractivity contribution is 5.91. The van der Waals surface area contributed by atoms with Gasteiger partial charge in [-0.3, -0.25) is 4.79 Å². The van der Waals surface area contributed by atoms with E-state index < -0.39 is 0 Å². The zero-order valence-electron chi connectivity index (χ0n) is 15.0. The van der Waals surface area contributed by atoms with E-state index in [1.165, 1.54) is 12.1 Å². The van der Waals surface area contributed by atoms with Crippen molar-refractivity contribution in [3.63, 3.8) is 0 Å². The first-order valence-electron chi connectivity index (χ1n) is 8.66. The standard InChI is InChI=1S/C22H21FN2O2/c1-16-5-9-20(10-6-16)25-22(26)15-27-21-4-2-3-17(13-21)14-24-19-11-7-18(23)8-12-19/h2-13,24H,14-15H2,1H3,(H,25,26). The molecule has 1 amide bonds. The molecule has 3 aromatic carbocycles. The molecule has 0 radical (unpaired) electrons. The number of halogens is 1. The number of rotatable bonds is 7. The molecule has 0 aliphatic heterocycles. The van der Waals surface area contributed by atoms with Gasteiger partial charge in [0.25, 0.3) is 5.91 Å². The van der Waals surface area contributed by atoms with Gasteiger partial charge in [0.15, 0.2) is 6.61 Å². The van der Waals surface area contributed by atoms with Crippen molar-refractivity contribution in [3.05, 3.63) is 89.7 Å². The van der Waals surface area contributed by atoms with Gasteiger partial charge in [-0.25, -0.2) is 4.39 Å². The van der Waals surface area contributed by atoms with Gasteiger partial charge >= 0.3 is 0 Å². The minimum absolute atomic E-state index is 0.0667. The van der Waals surface area contributed by atoms with E-state index in [4.69, 9.17) is 4.74 Å². The van der Waals surface area contributed by atoms with E-state index in [1.54, 1.807) is 18.2 Å². The fourth-order valence-corrected chi connectivity index (χ4v) is 2.50. The second-order valence-corrected chi connectivity index (χ2v) is 6.21. The Morgan fingerprint density at radius 3 is 2.41 bits per heavy atom. The van der Waals surface area contributed by atoms with Gasteiger partial charge in [-0.1, -0.05) is 29.8 Å². The lowest BCUT2D eigenvalue weighted by atomic mass is 10.2. The van der Waals surface area contributed by atoms with E-state index in [-0.39, 0.29) is 18.3 Å². The lowest BCUT2D eigenvalue weighted by Gasteiger charge is -2.10. The average Bonchev–Trinajstić information content (AvgIpc) is 2.68. The van der Waals surface area contributed by atoms with Gasteiger partial charge in [0.2, 0.25) is 0 Å². The number of hydrogen-bond acceptors (Lipinski definition) is 3. The van der Waals surface area contributed by atoms with Crippen LogP contribution in [-0.2, 0) is 11.3 Å². The van der Waals surface area contributed by atoms with Crippen LogP contribution in [0.5, 0.6) is 5.75 Å². The van der Waals surface area contributed by atoms with Crippen LogP contribution in [0.4, 0.5) is 15.8 Å². The Morgan fingerprint density at radius 1 is 0.963 bits per heavy atom. The molecule has 138 valence electrons. The van der Waals surface area contributed by atoms with Gasteiger partial charge in [-0.15, -0.1) is 0 Å². The summed E-state index contributed by atoms with van der Waals surface area (Å²) in [6.07, 6.45) is 0. The normalized spacial score (nSPS) is 10.3. The number of hydrogen-bond donors (Lipinski definition) is 2. The Kier molecular flexibility index (Phi) is 6.05. The van der Waals surface area contributed by atoms with Gasteiger partial charge in [-0.05, 0) is 61.0 Å². The average molecular weight is 364 g/mol. The minimum Gasteiger partial charge on any atom is -0.484 e. The van der Waals surface area contributed by atoms with Crippen molar-refractivity contribution in [1.82, 2.24) is 0 Å². The predicted octanol–water partition coefficient (Wildman–Crippen LogP) is 4.76. The van der Waals surface area contributed by atoms with Crippen LogP contribution in [0.3, 0.4) is 0 Å². The molecule has 0 aliphatic rings. The van der Waals surface area contributed by atoms with Crippen LogP contribution in [0, 0.1) is 12.7 Å². The van der Waals surface area contributed by atoms with Crippen LogP contribution < -0.4 is 15.4 Å². The van der Waals surface area contributed by atoms with Crippen LogP contribution in [0.2, 0.25) is 0 Å². The number of carbonyl (C=O) groups is 1. The number of nitrogens with one attached hydrogen (secondary N) is 2.